The zero-order valence-corrected chi connectivity index (χ0v) is 15.2. The average Bonchev–Trinajstić information content (AvgIpc) is 3.26. The Hall–Kier alpha value is -2.78. The van der Waals surface area contributed by atoms with Crippen LogP contribution in [-0.2, 0) is 4.74 Å². The van der Waals surface area contributed by atoms with E-state index in [-0.39, 0.29) is 18.4 Å². The number of ether oxygens (including phenoxy) is 2. The van der Waals surface area contributed by atoms with E-state index in [4.69, 9.17) is 9.47 Å². The molecule has 0 bridgehead atoms. The summed E-state index contributed by atoms with van der Waals surface area (Å²) in [5, 5.41) is 13.1. The number of hydrogen-bond donors (Lipinski definition) is 2. The monoisotopic (exact) mass is 405 g/mol. The predicted molar refractivity (Wildman–Crippen MR) is 105 cm³/mol. The quantitative estimate of drug-likeness (QED) is 0.650. The molecule has 1 saturated heterocycles. The Bertz CT molecular complexity index is 1020. The number of halogens is 1. The molecule has 2 N–H and O–H groups in total. The molecule has 4 rings (SSSR count). The first-order chi connectivity index (χ1) is 13.0. The Morgan fingerprint density at radius 3 is 2.96 bits per heavy atom. The summed E-state index contributed by atoms with van der Waals surface area (Å²) in [7, 11) is 0. The lowest BCUT2D eigenvalue weighted by molar-refractivity contribution is 0.0701. The molecular formula is C19H20FN3O4S. The van der Waals surface area contributed by atoms with Gasteiger partial charge < -0.3 is 19.9 Å². The maximum atomic E-state index is 13.7. The van der Waals surface area contributed by atoms with E-state index in [9.17, 15) is 14.3 Å². The smallest absolute Gasteiger partial charge is 0.346 e. The van der Waals surface area contributed by atoms with Gasteiger partial charge in [0.25, 0.3) is 0 Å². The van der Waals surface area contributed by atoms with Crippen LogP contribution in [0.4, 0.5) is 15.9 Å². The Morgan fingerprint density at radius 1 is 1.43 bits per heavy atom. The molecule has 1 aromatic carbocycles. The summed E-state index contributed by atoms with van der Waals surface area (Å²) in [6.45, 7) is 2.79. The summed E-state index contributed by atoms with van der Waals surface area (Å²) in [5.74, 6) is -0.625. The molecule has 148 valence electrons. The first-order valence-corrected chi connectivity index (χ1v) is 9.13. The number of carbonyl (C=O) groups is 1. The molecule has 0 saturated carbocycles. The molecule has 3 heterocycles. The molecule has 1 aliphatic rings. The number of aryl methyl sites for hydroxylation is 1. The van der Waals surface area contributed by atoms with Crippen LogP contribution in [0, 0.1) is 12.7 Å². The van der Waals surface area contributed by atoms with Crippen LogP contribution in [0.5, 0.6) is 5.75 Å². The molecule has 1 aliphatic heterocycles. The van der Waals surface area contributed by atoms with Crippen molar-refractivity contribution >= 4 is 39.0 Å². The van der Waals surface area contributed by atoms with Gasteiger partial charge >= 0.3 is 5.97 Å². The number of nitrogens with one attached hydrogen (secondary N) is 1. The van der Waals surface area contributed by atoms with E-state index in [1.54, 1.807) is 13.0 Å². The zero-order chi connectivity index (χ0) is 19.0. The van der Waals surface area contributed by atoms with Gasteiger partial charge in [-0.1, -0.05) is 7.43 Å². The number of rotatable bonds is 5. The van der Waals surface area contributed by atoms with Crippen molar-refractivity contribution in [2.75, 3.05) is 18.5 Å². The van der Waals surface area contributed by atoms with Gasteiger partial charge in [-0.15, -0.1) is 11.3 Å². The van der Waals surface area contributed by atoms with Crippen molar-refractivity contribution in [1.82, 2.24) is 9.97 Å². The van der Waals surface area contributed by atoms with Gasteiger partial charge in [0.1, 0.15) is 39.5 Å². The number of thiophene rings is 1. The van der Waals surface area contributed by atoms with Crippen molar-refractivity contribution in [3.8, 4) is 5.75 Å². The van der Waals surface area contributed by atoms with E-state index in [1.807, 2.05) is 0 Å². The average molecular weight is 405 g/mol. The molecule has 1 fully saturated rings. The van der Waals surface area contributed by atoms with Gasteiger partial charge in [0, 0.05) is 12.5 Å². The summed E-state index contributed by atoms with van der Waals surface area (Å²) in [6, 6.07) is 4.19. The Kier molecular flexibility index (Phi) is 5.76. The maximum absolute atomic E-state index is 13.7. The molecule has 0 unspecified atom stereocenters. The minimum absolute atomic E-state index is 0. The van der Waals surface area contributed by atoms with Crippen molar-refractivity contribution in [2.24, 2.45) is 0 Å². The van der Waals surface area contributed by atoms with Crippen LogP contribution in [0.1, 0.15) is 29.1 Å². The van der Waals surface area contributed by atoms with Crippen molar-refractivity contribution in [1.29, 1.82) is 0 Å². The molecule has 1 atom stereocenters. The largest absolute Gasteiger partial charge is 0.486 e. The number of hydrogen-bond acceptors (Lipinski definition) is 7. The molecule has 0 amide bonds. The second-order valence-electron chi connectivity index (χ2n) is 6.13. The topological polar surface area (TPSA) is 93.6 Å². The van der Waals surface area contributed by atoms with E-state index in [2.05, 4.69) is 15.3 Å². The predicted octanol–water partition coefficient (Wildman–Crippen LogP) is 4.38. The number of carboxylic acid groups (broad SMARTS) is 1. The summed E-state index contributed by atoms with van der Waals surface area (Å²) < 4.78 is 24.9. The van der Waals surface area contributed by atoms with Crippen LogP contribution >= 0.6 is 11.3 Å². The highest BCUT2D eigenvalue weighted by atomic mass is 32.1. The van der Waals surface area contributed by atoms with Crippen LogP contribution in [-0.4, -0.2) is 40.4 Å². The van der Waals surface area contributed by atoms with Crippen molar-refractivity contribution in [3.05, 3.63) is 40.8 Å². The first-order valence-electron chi connectivity index (χ1n) is 8.31. The van der Waals surface area contributed by atoms with Gasteiger partial charge in [-0.3, -0.25) is 0 Å². The van der Waals surface area contributed by atoms with Gasteiger partial charge in [-0.25, -0.2) is 19.2 Å². The molecule has 0 aliphatic carbocycles. The highest BCUT2D eigenvalue weighted by Crippen LogP contribution is 2.36. The highest BCUT2D eigenvalue weighted by molar-refractivity contribution is 7.20. The van der Waals surface area contributed by atoms with Crippen LogP contribution in [0.2, 0.25) is 0 Å². The lowest BCUT2D eigenvalue weighted by Crippen LogP contribution is -2.16. The molecule has 28 heavy (non-hydrogen) atoms. The number of aromatic nitrogens is 2. The fraction of sp³-hybridized carbons (Fsp3) is 0.316. The normalized spacial score (nSPS) is 16.0. The highest BCUT2D eigenvalue weighted by Gasteiger charge is 2.21. The third kappa shape index (κ3) is 3.76. The maximum Gasteiger partial charge on any atom is 0.346 e. The third-order valence-corrected chi connectivity index (χ3v) is 5.49. The van der Waals surface area contributed by atoms with Gasteiger partial charge in [-0.2, -0.15) is 0 Å². The fourth-order valence-corrected chi connectivity index (χ4v) is 3.97. The molecular weight excluding hydrogens is 385 g/mol. The number of benzene rings is 1. The number of carboxylic acids is 1. The molecule has 3 aromatic rings. The van der Waals surface area contributed by atoms with Gasteiger partial charge in [-0.05, 0) is 24.6 Å². The molecule has 9 heteroatoms. The van der Waals surface area contributed by atoms with Crippen molar-refractivity contribution in [3.63, 3.8) is 0 Å². The first kappa shape index (κ1) is 20.0. The molecule has 2 aromatic heterocycles. The zero-order valence-electron chi connectivity index (χ0n) is 14.4. The second kappa shape index (κ2) is 8.07. The Morgan fingerprint density at radius 2 is 2.25 bits per heavy atom. The number of nitrogens with zero attached hydrogens (tertiary/aromatic N) is 2. The van der Waals surface area contributed by atoms with Gasteiger partial charge in [0.05, 0.1) is 24.3 Å². The summed E-state index contributed by atoms with van der Waals surface area (Å²) in [5.41, 5.74) is 1.12. The minimum atomic E-state index is -1.01. The SMILES string of the molecule is C.Cc1c(C(=O)O)sc2ncnc(Nc3ccc(F)cc3O[C@H]3CCOC3)c12. The molecule has 7 nitrogen and oxygen atoms in total. The summed E-state index contributed by atoms with van der Waals surface area (Å²) >= 11 is 1.09. The van der Waals surface area contributed by atoms with Crippen molar-refractivity contribution in [2.45, 2.75) is 26.9 Å². The van der Waals surface area contributed by atoms with E-state index in [0.29, 0.717) is 46.2 Å². The van der Waals surface area contributed by atoms with Crippen LogP contribution in [0.15, 0.2) is 24.5 Å². The van der Waals surface area contributed by atoms with Crippen LogP contribution in [0.25, 0.3) is 10.2 Å². The number of anilines is 2. The van der Waals surface area contributed by atoms with E-state index in [1.165, 1.54) is 18.5 Å². The molecule has 0 spiro atoms. The van der Waals surface area contributed by atoms with Gasteiger partial charge in [0.2, 0.25) is 0 Å². The van der Waals surface area contributed by atoms with Gasteiger partial charge in [0.15, 0.2) is 0 Å². The number of aromatic carboxylic acids is 1. The standard InChI is InChI=1S/C18H16FN3O4S.CH4/c1-9-14-16(20-8-21-17(14)27-15(9)18(23)24)22-12-3-2-10(19)6-13(12)26-11-4-5-25-7-11;/h2-3,6,8,11H,4-5,7H2,1H3,(H,23,24)(H,20,21,22);1H4/t11-;/m0./s1. The van der Waals surface area contributed by atoms with E-state index in [0.717, 1.165) is 17.8 Å². The summed E-state index contributed by atoms with van der Waals surface area (Å²) in [4.78, 5) is 20.6. The number of fused-ring (bicyclic) bond motifs is 1. The Labute approximate surface area is 165 Å². The van der Waals surface area contributed by atoms with E-state index >= 15 is 0 Å². The second-order valence-corrected chi connectivity index (χ2v) is 7.13. The van der Waals surface area contributed by atoms with Crippen molar-refractivity contribution < 1.29 is 23.8 Å². The molecule has 0 radical (unpaired) electrons. The van der Waals surface area contributed by atoms with E-state index < -0.39 is 11.8 Å². The lowest BCUT2D eigenvalue weighted by atomic mass is 10.2. The minimum Gasteiger partial charge on any atom is -0.486 e. The Balaban J connectivity index is 0.00000225. The third-order valence-electron chi connectivity index (χ3n) is 4.30. The van der Waals surface area contributed by atoms with Crippen LogP contribution in [0.3, 0.4) is 0 Å². The van der Waals surface area contributed by atoms with Crippen LogP contribution < -0.4 is 10.1 Å². The fourth-order valence-electron chi connectivity index (χ4n) is 2.98. The summed E-state index contributed by atoms with van der Waals surface area (Å²) in [6.07, 6.45) is 1.96. The lowest BCUT2D eigenvalue weighted by Gasteiger charge is -2.17.